The zero-order chi connectivity index (χ0) is 11.7. The molecule has 1 atom stereocenters. The molecule has 0 amide bonds. The number of aromatic nitrogens is 2. The van der Waals surface area contributed by atoms with E-state index in [9.17, 15) is 0 Å². The van der Waals surface area contributed by atoms with Crippen LogP contribution in [0.15, 0.2) is 48.7 Å². The molecule has 0 bridgehead atoms. The Morgan fingerprint density at radius 2 is 1.88 bits per heavy atom. The van der Waals surface area contributed by atoms with E-state index in [0.717, 1.165) is 20.9 Å². The molecule has 0 spiro atoms. The zero-order valence-electron chi connectivity index (χ0n) is 9.08. The van der Waals surface area contributed by atoms with E-state index in [1.165, 1.54) is 0 Å². The average molecular weight is 241 g/mol. The van der Waals surface area contributed by atoms with Gasteiger partial charge in [-0.3, -0.25) is 4.98 Å². The van der Waals surface area contributed by atoms with E-state index in [1.807, 2.05) is 36.4 Å². The summed E-state index contributed by atoms with van der Waals surface area (Å²) in [5.41, 5.74) is 8.02. The molecule has 4 heteroatoms. The molecule has 3 rings (SSSR count). The number of thiazole rings is 1. The predicted molar refractivity (Wildman–Crippen MR) is 69.9 cm³/mol. The van der Waals surface area contributed by atoms with Crippen LogP contribution in [0.3, 0.4) is 0 Å². The monoisotopic (exact) mass is 241 g/mol. The Kier molecular flexibility index (Phi) is 2.59. The number of pyridine rings is 1. The van der Waals surface area contributed by atoms with Crippen LogP contribution in [0, 0.1) is 0 Å². The fourth-order valence-electron chi connectivity index (χ4n) is 1.71. The highest BCUT2D eigenvalue weighted by atomic mass is 32.1. The Morgan fingerprint density at radius 1 is 1.06 bits per heavy atom. The van der Waals surface area contributed by atoms with Crippen molar-refractivity contribution in [2.75, 3.05) is 0 Å². The van der Waals surface area contributed by atoms with Gasteiger partial charge in [-0.05, 0) is 24.3 Å². The van der Waals surface area contributed by atoms with Crippen molar-refractivity contribution in [1.29, 1.82) is 0 Å². The molecule has 0 fully saturated rings. The summed E-state index contributed by atoms with van der Waals surface area (Å²) >= 11 is 1.62. The van der Waals surface area contributed by atoms with Crippen LogP contribution in [0.25, 0.3) is 10.2 Å². The second-order valence-electron chi connectivity index (χ2n) is 3.75. The van der Waals surface area contributed by atoms with Gasteiger partial charge in [0.15, 0.2) is 0 Å². The van der Waals surface area contributed by atoms with Crippen molar-refractivity contribution in [1.82, 2.24) is 9.97 Å². The van der Waals surface area contributed by atoms with Gasteiger partial charge >= 0.3 is 0 Å². The van der Waals surface area contributed by atoms with Crippen molar-refractivity contribution >= 4 is 21.6 Å². The third kappa shape index (κ3) is 1.92. The summed E-state index contributed by atoms with van der Waals surface area (Å²) in [6, 6.07) is 13.6. The van der Waals surface area contributed by atoms with E-state index in [1.54, 1.807) is 17.5 Å². The Hall–Kier alpha value is -1.78. The Morgan fingerprint density at radius 3 is 2.65 bits per heavy atom. The van der Waals surface area contributed by atoms with Crippen molar-refractivity contribution in [3.05, 3.63) is 59.4 Å². The van der Waals surface area contributed by atoms with E-state index in [0.29, 0.717) is 0 Å². The number of para-hydroxylation sites is 1. The number of benzene rings is 1. The number of fused-ring (bicyclic) bond motifs is 1. The molecule has 1 unspecified atom stereocenters. The largest absolute Gasteiger partial charge is 0.317 e. The van der Waals surface area contributed by atoms with Gasteiger partial charge in [-0.2, -0.15) is 0 Å². The lowest BCUT2D eigenvalue weighted by Crippen LogP contribution is -2.12. The fourth-order valence-corrected chi connectivity index (χ4v) is 2.69. The smallest absolute Gasteiger partial charge is 0.117 e. The molecular formula is C13H11N3S. The predicted octanol–water partition coefficient (Wildman–Crippen LogP) is 2.74. The highest BCUT2D eigenvalue weighted by Gasteiger charge is 2.14. The molecule has 0 saturated heterocycles. The zero-order valence-corrected chi connectivity index (χ0v) is 9.89. The summed E-state index contributed by atoms with van der Waals surface area (Å²) in [5.74, 6) is 0. The molecule has 17 heavy (non-hydrogen) atoms. The van der Waals surface area contributed by atoms with Crippen molar-refractivity contribution in [2.45, 2.75) is 6.04 Å². The van der Waals surface area contributed by atoms with Crippen LogP contribution in [0.2, 0.25) is 0 Å². The Bertz CT molecular complexity index is 600. The number of rotatable bonds is 2. The maximum Gasteiger partial charge on any atom is 0.117 e. The lowest BCUT2D eigenvalue weighted by atomic mass is 10.2. The van der Waals surface area contributed by atoms with Crippen LogP contribution in [0.4, 0.5) is 0 Å². The minimum absolute atomic E-state index is 0.242. The van der Waals surface area contributed by atoms with Crippen LogP contribution < -0.4 is 5.73 Å². The van der Waals surface area contributed by atoms with Gasteiger partial charge in [-0.25, -0.2) is 4.98 Å². The first-order valence-corrected chi connectivity index (χ1v) is 6.18. The van der Waals surface area contributed by atoms with E-state index in [2.05, 4.69) is 16.0 Å². The lowest BCUT2D eigenvalue weighted by Gasteiger charge is -2.06. The number of hydrogen-bond donors (Lipinski definition) is 1. The van der Waals surface area contributed by atoms with Crippen LogP contribution in [-0.2, 0) is 0 Å². The third-order valence-corrected chi connectivity index (χ3v) is 3.70. The van der Waals surface area contributed by atoms with E-state index in [-0.39, 0.29) is 6.04 Å². The topological polar surface area (TPSA) is 51.8 Å². The molecule has 0 aliphatic carbocycles. The molecule has 0 aliphatic heterocycles. The summed E-state index contributed by atoms with van der Waals surface area (Å²) in [5, 5.41) is 0.907. The van der Waals surface area contributed by atoms with Crippen LogP contribution >= 0.6 is 11.3 Å². The molecular weight excluding hydrogens is 230 g/mol. The molecule has 0 aliphatic rings. The van der Waals surface area contributed by atoms with E-state index < -0.39 is 0 Å². The second-order valence-corrected chi connectivity index (χ2v) is 4.81. The maximum absolute atomic E-state index is 6.17. The van der Waals surface area contributed by atoms with Crippen molar-refractivity contribution < 1.29 is 0 Å². The SMILES string of the molecule is NC(c1ccccn1)c1nc2ccccc2s1. The first-order valence-electron chi connectivity index (χ1n) is 5.36. The minimum atomic E-state index is -0.242. The first-order chi connectivity index (χ1) is 8.34. The quantitative estimate of drug-likeness (QED) is 0.750. The summed E-state index contributed by atoms with van der Waals surface area (Å²) < 4.78 is 1.16. The number of hydrogen-bond acceptors (Lipinski definition) is 4. The standard InChI is InChI=1S/C13H11N3S/c14-12(10-6-3-4-8-15-10)13-16-9-5-1-2-7-11(9)17-13/h1-8,12H,14H2. The summed E-state index contributed by atoms with van der Waals surface area (Å²) in [4.78, 5) is 8.81. The Balaban J connectivity index is 2.04. The van der Waals surface area contributed by atoms with Gasteiger partial charge in [0.25, 0.3) is 0 Å². The molecule has 84 valence electrons. The van der Waals surface area contributed by atoms with Gasteiger partial charge < -0.3 is 5.73 Å². The van der Waals surface area contributed by atoms with Crippen molar-refractivity contribution in [3.63, 3.8) is 0 Å². The molecule has 2 N–H and O–H groups in total. The minimum Gasteiger partial charge on any atom is -0.317 e. The normalized spacial score (nSPS) is 12.8. The molecule has 0 saturated carbocycles. The molecule has 0 radical (unpaired) electrons. The van der Waals surface area contributed by atoms with Crippen molar-refractivity contribution in [3.8, 4) is 0 Å². The van der Waals surface area contributed by atoms with E-state index >= 15 is 0 Å². The van der Waals surface area contributed by atoms with Crippen LogP contribution in [0.1, 0.15) is 16.7 Å². The highest BCUT2D eigenvalue weighted by Crippen LogP contribution is 2.27. The molecule has 2 aromatic heterocycles. The summed E-state index contributed by atoms with van der Waals surface area (Å²) in [7, 11) is 0. The van der Waals surface area contributed by atoms with Gasteiger partial charge in [-0.1, -0.05) is 18.2 Å². The molecule has 1 aromatic carbocycles. The number of nitrogens with zero attached hydrogens (tertiary/aromatic N) is 2. The van der Waals surface area contributed by atoms with Crippen LogP contribution in [0.5, 0.6) is 0 Å². The number of nitrogens with two attached hydrogens (primary N) is 1. The maximum atomic E-state index is 6.17. The molecule has 2 heterocycles. The summed E-state index contributed by atoms with van der Waals surface area (Å²) in [6.07, 6.45) is 1.75. The highest BCUT2D eigenvalue weighted by molar-refractivity contribution is 7.18. The molecule has 3 nitrogen and oxygen atoms in total. The average Bonchev–Trinajstić information content (AvgIpc) is 2.82. The van der Waals surface area contributed by atoms with Gasteiger partial charge in [0, 0.05) is 6.20 Å². The van der Waals surface area contributed by atoms with E-state index in [4.69, 9.17) is 5.73 Å². The fraction of sp³-hybridized carbons (Fsp3) is 0.0769. The van der Waals surface area contributed by atoms with Crippen molar-refractivity contribution in [2.24, 2.45) is 5.73 Å². The third-order valence-electron chi connectivity index (χ3n) is 2.58. The van der Waals surface area contributed by atoms with Gasteiger partial charge in [0.2, 0.25) is 0 Å². The van der Waals surface area contributed by atoms with Gasteiger partial charge in [-0.15, -0.1) is 11.3 Å². The first kappa shape index (κ1) is 10.4. The van der Waals surface area contributed by atoms with Gasteiger partial charge in [0.1, 0.15) is 5.01 Å². The molecule has 3 aromatic rings. The second kappa shape index (κ2) is 4.24. The summed E-state index contributed by atoms with van der Waals surface area (Å²) in [6.45, 7) is 0. The van der Waals surface area contributed by atoms with Gasteiger partial charge in [0.05, 0.1) is 22.0 Å². The Labute approximate surface area is 103 Å². The van der Waals surface area contributed by atoms with Crippen LogP contribution in [-0.4, -0.2) is 9.97 Å². The lowest BCUT2D eigenvalue weighted by molar-refractivity contribution is 0.821.